The van der Waals surface area contributed by atoms with E-state index in [9.17, 15) is 0 Å². The molecule has 0 unspecified atom stereocenters. The largest absolute Gasteiger partial charge is 0.220 e. The number of fused-ring (bicyclic) bond motifs is 1. The molecular formula is C34H36NSi+. The molecule has 2 heteroatoms. The Hall–Kier alpha value is -3.49. The Kier molecular flexibility index (Phi) is 6.18. The van der Waals surface area contributed by atoms with Gasteiger partial charge < -0.3 is 0 Å². The van der Waals surface area contributed by atoms with E-state index in [1.807, 2.05) is 0 Å². The molecule has 0 saturated carbocycles. The highest BCUT2D eigenvalue weighted by Gasteiger charge is 2.41. The van der Waals surface area contributed by atoms with Gasteiger partial charge in [-0.1, -0.05) is 117 Å². The average molecular weight is 487 g/mol. The van der Waals surface area contributed by atoms with Gasteiger partial charge in [-0.25, -0.2) is 4.57 Å². The van der Waals surface area contributed by atoms with E-state index in [0.717, 1.165) is 0 Å². The van der Waals surface area contributed by atoms with Crippen molar-refractivity contribution < 1.29 is 4.57 Å². The van der Waals surface area contributed by atoms with Gasteiger partial charge in [0.25, 0.3) is 0 Å². The van der Waals surface area contributed by atoms with Crippen molar-refractivity contribution in [3.8, 4) is 22.4 Å². The molecule has 0 aliphatic carbocycles. The van der Waals surface area contributed by atoms with Crippen LogP contribution in [0.25, 0.3) is 33.2 Å². The maximum absolute atomic E-state index is 2.51. The van der Waals surface area contributed by atoms with E-state index >= 15 is 0 Å². The molecule has 1 nitrogen and oxygen atoms in total. The Morgan fingerprint density at radius 3 is 2.06 bits per heavy atom. The van der Waals surface area contributed by atoms with Gasteiger partial charge in [-0.05, 0) is 51.7 Å². The fourth-order valence-corrected chi connectivity index (χ4v) is 7.99. The zero-order valence-corrected chi connectivity index (χ0v) is 23.3. The van der Waals surface area contributed by atoms with Crippen LogP contribution < -0.4 is 9.75 Å². The van der Waals surface area contributed by atoms with Crippen molar-refractivity contribution in [1.82, 2.24) is 0 Å². The number of rotatable bonds is 5. The van der Waals surface area contributed by atoms with Crippen LogP contribution in [0.2, 0.25) is 13.1 Å². The third kappa shape index (κ3) is 4.10. The van der Waals surface area contributed by atoms with Gasteiger partial charge >= 0.3 is 0 Å². The van der Waals surface area contributed by atoms with Gasteiger partial charge in [0.15, 0.2) is 6.20 Å². The first-order valence-electron chi connectivity index (χ1n) is 12.8. The zero-order valence-electron chi connectivity index (χ0n) is 22.3. The number of hydrogen-bond donors (Lipinski definition) is 0. The molecule has 5 rings (SSSR count). The number of benzene rings is 4. The fraction of sp³-hybridized carbons (Fsp3) is 0.206. The molecule has 1 aromatic heterocycles. The van der Waals surface area contributed by atoms with Gasteiger partial charge in [-0.15, -0.1) is 0 Å². The Balaban J connectivity index is 1.64. The molecule has 0 aliphatic rings. The quantitative estimate of drug-likeness (QED) is 0.177. The number of pyridine rings is 1. The van der Waals surface area contributed by atoms with Gasteiger partial charge in [0.1, 0.15) is 7.05 Å². The van der Waals surface area contributed by atoms with Crippen molar-refractivity contribution >= 4 is 24.0 Å². The van der Waals surface area contributed by atoms with Crippen LogP contribution in [0, 0.1) is 6.92 Å². The summed E-state index contributed by atoms with van der Waals surface area (Å²) in [6, 6.07) is 38.0. The van der Waals surface area contributed by atoms with E-state index in [-0.39, 0.29) is 5.04 Å². The molecule has 180 valence electrons. The summed E-state index contributed by atoms with van der Waals surface area (Å²) in [6.07, 6.45) is 2.22. The van der Waals surface area contributed by atoms with Gasteiger partial charge in [-0.2, -0.15) is 0 Å². The summed E-state index contributed by atoms with van der Waals surface area (Å²) in [4.78, 5) is 0. The van der Waals surface area contributed by atoms with Crippen LogP contribution in [-0.2, 0) is 12.1 Å². The van der Waals surface area contributed by atoms with Crippen LogP contribution in [0.1, 0.15) is 25.0 Å². The van der Waals surface area contributed by atoms with Crippen LogP contribution in [0.15, 0.2) is 109 Å². The average Bonchev–Trinajstić information content (AvgIpc) is 2.90. The first-order valence-corrected chi connectivity index (χ1v) is 15.8. The molecule has 0 atom stereocenters. The number of aromatic nitrogens is 1. The lowest BCUT2D eigenvalue weighted by Gasteiger charge is -2.41. The van der Waals surface area contributed by atoms with E-state index in [0.29, 0.717) is 0 Å². The highest BCUT2D eigenvalue weighted by molar-refractivity contribution is 6.92. The van der Waals surface area contributed by atoms with Gasteiger partial charge in [-0.3, -0.25) is 0 Å². The third-order valence-electron chi connectivity index (χ3n) is 8.52. The Morgan fingerprint density at radius 1 is 0.694 bits per heavy atom. The van der Waals surface area contributed by atoms with E-state index < -0.39 is 8.07 Å². The highest BCUT2D eigenvalue weighted by Crippen LogP contribution is 2.35. The monoisotopic (exact) mass is 486 g/mol. The molecule has 4 aromatic carbocycles. The predicted octanol–water partition coefficient (Wildman–Crippen LogP) is 7.74. The summed E-state index contributed by atoms with van der Waals surface area (Å²) >= 11 is 0. The molecule has 0 spiro atoms. The Morgan fingerprint density at radius 2 is 1.36 bits per heavy atom. The molecule has 1 heterocycles. The van der Waals surface area contributed by atoms with Gasteiger partial charge in [0.2, 0.25) is 5.69 Å². The number of hydrogen-bond acceptors (Lipinski definition) is 0. The van der Waals surface area contributed by atoms with Crippen LogP contribution >= 0.6 is 0 Å². The van der Waals surface area contributed by atoms with E-state index in [2.05, 4.69) is 155 Å². The summed E-state index contributed by atoms with van der Waals surface area (Å²) in [5.41, 5.74) is 7.79. The van der Waals surface area contributed by atoms with Gasteiger partial charge in [0.05, 0.1) is 19.0 Å². The first-order chi connectivity index (χ1) is 17.2. The molecule has 0 amide bonds. The molecule has 0 bridgehead atoms. The Bertz CT molecular complexity index is 1530. The molecule has 5 aromatic rings. The van der Waals surface area contributed by atoms with Crippen molar-refractivity contribution in [1.29, 1.82) is 0 Å². The molecule has 0 radical (unpaired) electrons. The van der Waals surface area contributed by atoms with Crippen molar-refractivity contribution in [2.24, 2.45) is 7.05 Å². The first kappa shape index (κ1) is 24.2. The zero-order chi connectivity index (χ0) is 25.5. The molecule has 0 fully saturated rings. The lowest BCUT2D eigenvalue weighted by atomic mass is 9.95. The highest BCUT2D eigenvalue weighted by atomic mass is 28.3. The van der Waals surface area contributed by atoms with E-state index in [1.165, 1.54) is 49.5 Å². The van der Waals surface area contributed by atoms with E-state index in [4.69, 9.17) is 0 Å². The maximum atomic E-state index is 2.51. The second kappa shape index (κ2) is 9.18. The summed E-state index contributed by atoms with van der Waals surface area (Å²) in [5.74, 6) is 0. The lowest BCUT2D eigenvalue weighted by Crippen LogP contribution is -2.57. The standard InChI is InChI=1S/C34H36NSi/c1-25-17-18-27(26-13-9-7-10-14-26)24-32(25)33-31-20-19-30(23-28(31)21-22-35(33)4)36(5,6)34(2,3)29-15-11-8-12-16-29/h7-24H,1-6H3/q+1. The molecule has 0 saturated heterocycles. The van der Waals surface area contributed by atoms with Crippen molar-refractivity contribution in [3.63, 3.8) is 0 Å². The summed E-state index contributed by atoms with van der Waals surface area (Å²) in [6.45, 7) is 12.1. The van der Waals surface area contributed by atoms with Crippen LogP contribution in [0.4, 0.5) is 0 Å². The van der Waals surface area contributed by atoms with E-state index in [1.54, 1.807) is 0 Å². The van der Waals surface area contributed by atoms with Crippen molar-refractivity contribution in [2.45, 2.75) is 38.9 Å². The minimum absolute atomic E-state index is 0.116. The predicted molar refractivity (Wildman–Crippen MR) is 157 cm³/mol. The Labute approximate surface area is 217 Å². The smallest absolute Gasteiger partial charge is 0.200 e. The van der Waals surface area contributed by atoms with Crippen molar-refractivity contribution in [3.05, 3.63) is 120 Å². The number of aryl methyl sites for hydroxylation is 2. The summed E-state index contributed by atoms with van der Waals surface area (Å²) in [5, 5.41) is 4.23. The van der Waals surface area contributed by atoms with Crippen LogP contribution in [0.3, 0.4) is 0 Å². The second-order valence-electron chi connectivity index (χ2n) is 11.1. The van der Waals surface area contributed by atoms with Crippen molar-refractivity contribution in [2.75, 3.05) is 0 Å². The third-order valence-corrected chi connectivity index (χ3v) is 13.7. The number of nitrogens with zero attached hydrogens (tertiary/aromatic N) is 1. The minimum Gasteiger partial charge on any atom is -0.200 e. The molecule has 0 aliphatic heterocycles. The lowest BCUT2D eigenvalue weighted by molar-refractivity contribution is -0.659. The topological polar surface area (TPSA) is 3.88 Å². The molecule has 0 N–H and O–H groups in total. The van der Waals surface area contributed by atoms with Crippen LogP contribution in [-0.4, -0.2) is 8.07 Å². The summed E-state index contributed by atoms with van der Waals surface area (Å²) < 4.78 is 2.27. The summed E-state index contributed by atoms with van der Waals surface area (Å²) in [7, 11) is 0.315. The fourth-order valence-electron chi connectivity index (χ4n) is 5.36. The molecular weight excluding hydrogens is 450 g/mol. The second-order valence-corrected chi connectivity index (χ2v) is 16.2. The SMILES string of the molecule is Cc1ccc(-c2ccccc2)cc1-c1c2ccc([Si](C)(C)C(C)(C)c3ccccc3)cc2cc[n+]1C. The maximum Gasteiger partial charge on any atom is 0.220 e. The molecule has 36 heavy (non-hydrogen) atoms. The van der Waals surface area contributed by atoms with Crippen LogP contribution in [0.5, 0.6) is 0 Å². The minimum atomic E-state index is -1.85. The van der Waals surface area contributed by atoms with Gasteiger partial charge in [0, 0.05) is 6.07 Å². The normalized spacial score (nSPS) is 12.2.